The highest BCUT2D eigenvalue weighted by Gasteiger charge is 2.14. The monoisotopic (exact) mass is 384 g/mol. The number of rotatable bonds is 5. The van der Waals surface area contributed by atoms with Crippen LogP contribution in [0.4, 0.5) is 11.5 Å². The van der Waals surface area contributed by atoms with Crippen molar-refractivity contribution in [2.45, 2.75) is 25.7 Å². The van der Waals surface area contributed by atoms with Crippen LogP contribution in [0.3, 0.4) is 0 Å². The summed E-state index contributed by atoms with van der Waals surface area (Å²) in [5, 5.41) is 7.08. The van der Waals surface area contributed by atoms with Crippen LogP contribution in [-0.2, 0) is 14.8 Å². The molecule has 0 saturated carbocycles. The number of benzene rings is 2. The Balaban J connectivity index is 1.84. The molecule has 0 aliphatic rings. The smallest absolute Gasteiger partial charge is 0.261 e. The minimum Gasteiger partial charge on any atom is -0.311 e. The second-order valence-corrected chi connectivity index (χ2v) is 7.91. The van der Waals surface area contributed by atoms with Gasteiger partial charge in [0.1, 0.15) is 5.82 Å². The molecule has 140 valence electrons. The second-order valence-electron chi connectivity index (χ2n) is 6.23. The van der Waals surface area contributed by atoms with Gasteiger partial charge in [-0.25, -0.2) is 13.1 Å². The normalized spacial score (nSPS) is 11.2. The highest BCUT2D eigenvalue weighted by molar-refractivity contribution is 7.92. The van der Waals surface area contributed by atoms with Crippen LogP contribution >= 0.6 is 0 Å². The molecule has 3 rings (SSSR count). The van der Waals surface area contributed by atoms with Gasteiger partial charge in [0.15, 0.2) is 0 Å². The van der Waals surface area contributed by atoms with Crippen molar-refractivity contribution in [2.24, 2.45) is 0 Å². The van der Waals surface area contributed by atoms with Crippen molar-refractivity contribution >= 4 is 27.4 Å². The van der Waals surface area contributed by atoms with Gasteiger partial charge < -0.3 is 5.32 Å². The quantitative estimate of drug-likeness (QED) is 0.706. The molecule has 2 N–H and O–H groups in total. The van der Waals surface area contributed by atoms with Crippen LogP contribution in [0.25, 0.3) is 5.69 Å². The Morgan fingerprint density at radius 2 is 1.63 bits per heavy atom. The van der Waals surface area contributed by atoms with Gasteiger partial charge in [0, 0.05) is 18.7 Å². The molecule has 0 aliphatic carbocycles. The van der Waals surface area contributed by atoms with Gasteiger partial charge in [0.05, 0.1) is 16.3 Å². The maximum absolute atomic E-state index is 12.5. The predicted octanol–water partition coefficient (Wildman–Crippen LogP) is 3.25. The zero-order chi connectivity index (χ0) is 19.6. The molecule has 1 amide bonds. The first-order valence-electron chi connectivity index (χ1n) is 8.29. The second kappa shape index (κ2) is 7.24. The molecular formula is C19H20N4O3S. The maximum atomic E-state index is 12.5. The highest BCUT2D eigenvalue weighted by atomic mass is 32.2. The number of aryl methyl sites for hydroxylation is 2. The van der Waals surface area contributed by atoms with Crippen LogP contribution in [0.5, 0.6) is 0 Å². The van der Waals surface area contributed by atoms with Gasteiger partial charge in [-0.1, -0.05) is 17.7 Å². The van der Waals surface area contributed by atoms with E-state index in [0.29, 0.717) is 17.2 Å². The largest absolute Gasteiger partial charge is 0.311 e. The Morgan fingerprint density at radius 1 is 1.00 bits per heavy atom. The number of hydrogen-bond acceptors (Lipinski definition) is 4. The molecule has 7 nitrogen and oxygen atoms in total. The number of nitrogens with zero attached hydrogens (tertiary/aromatic N) is 2. The summed E-state index contributed by atoms with van der Waals surface area (Å²) in [6.07, 6.45) is 0. The molecule has 0 fully saturated rings. The van der Waals surface area contributed by atoms with E-state index in [-0.39, 0.29) is 10.8 Å². The van der Waals surface area contributed by atoms with E-state index >= 15 is 0 Å². The number of nitrogens with one attached hydrogen (secondary N) is 2. The third-order valence-corrected chi connectivity index (χ3v) is 5.23. The average Bonchev–Trinajstić information content (AvgIpc) is 2.95. The van der Waals surface area contributed by atoms with Gasteiger partial charge in [0.25, 0.3) is 10.0 Å². The molecule has 0 bridgehead atoms. The van der Waals surface area contributed by atoms with E-state index in [1.54, 1.807) is 59.3 Å². The summed E-state index contributed by atoms with van der Waals surface area (Å²) >= 11 is 0. The van der Waals surface area contributed by atoms with E-state index < -0.39 is 10.0 Å². The number of aromatic nitrogens is 2. The molecule has 0 radical (unpaired) electrons. The molecule has 1 heterocycles. The van der Waals surface area contributed by atoms with Gasteiger partial charge in [-0.3, -0.25) is 9.52 Å². The SMILES string of the molecule is CC(=O)Nc1cc(C)nn1-c1ccc(NS(=O)(=O)c2ccc(C)cc2)cc1. The summed E-state index contributed by atoms with van der Waals surface area (Å²) in [7, 11) is -3.66. The van der Waals surface area contributed by atoms with E-state index in [4.69, 9.17) is 0 Å². The van der Waals surface area contributed by atoms with Crippen LogP contribution < -0.4 is 10.0 Å². The lowest BCUT2D eigenvalue weighted by atomic mass is 10.2. The molecule has 8 heteroatoms. The Hall–Kier alpha value is -3.13. The van der Waals surface area contributed by atoms with Gasteiger partial charge in [-0.15, -0.1) is 0 Å². The first kappa shape index (κ1) is 18.7. The van der Waals surface area contributed by atoms with Crippen molar-refractivity contribution in [2.75, 3.05) is 10.0 Å². The minimum atomic E-state index is -3.66. The molecule has 0 unspecified atom stereocenters. The summed E-state index contributed by atoms with van der Waals surface area (Å²) < 4.78 is 29.1. The van der Waals surface area contributed by atoms with Crippen molar-refractivity contribution < 1.29 is 13.2 Å². The van der Waals surface area contributed by atoms with Crippen molar-refractivity contribution in [3.05, 3.63) is 65.9 Å². The fourth-order valence-corrected chi connectivity index (χ4v) is 3.63. The summed E-state index contributed by atoms with van der Waals surface area (Å²) in [4.78, 5) is 11.5. The van der Waals surface area contributed by atoms with E-state index in [9.17, 15) is 13.2 Å². The molecule has 2 aromatic carbocycles. The summed E-state index contributed by atoms with van der Waals surface area (Å²) in [5.74, 6) is 0.353. The predicted molar refractivity (Wildman–Crippen MR) is 105 cm³/mol. The van der Waals surface area contributed by atoms with Crippen molar-refractivity contribution in [1.82, 2.24) is 9.78 Å². The van der Waals surface area contributed by atoms with Crippen LogP contribution in [0.1, 0.15) is 18.2 Å². The summed E-state index contributed by atoms with van der Waals surface area (Å²) in [6.45, 7) is 5.15. The number of hydrogen-bond donors (Lipinski definition) is 2. The van der Waals surface area contributed by atoms with Crippen molar-refractivity contribution in [3.8, 4) is 5.69 Å². The van der Waals surface area contributed by atoms with Gasteiger partial charge in [-0.2, -0.15) is 5.10 Å². The molecule has 27 heavy (non-hydrogen) atoms. The minimum absolute atomic E-state index is 0.196. The molecule has 0 spiro atoms. The first-order valence-corrected chi connectivity index (χ1v) is 9.77. The van der Waals surface area contributed by atoms with Crippen LogP contribution in [0.15, 0.2) is 59.5 Å². The van der Waals surface area contributed by atoms with Gasteiger partial charge >= 0.3 is 0 Å². The van der Waals surface area contributed by atoms with E-state index in [1.165, 1.54) is 6.92 Å². The maximum Gasteiger partial charge on any atom is 0.261 e. The molecule has 0 aliphatic heterocycles. The third-order valence-electron chi connectivity index (χ3n) is 3.83. The van der Waals surface area contributed by atoms with Crippen LogP contribution in [-0.4, -0.2) is 24.1 Å². The molecule has 0 atom stereocenters. The third kappa shape index (κ3) is 4.35. The molecule has 1 aromatic heterocycles. The number of carbonyl (C=O) groups is 1. The van der Waals surface area contributed by atoms with E-state index in [2.05, 4.69) is 15.1 Å². The van der Waals surface area contributed by atoms with Gasteiger partial charge in [0.2, 0.25) is 5.91 Å². The van der Waals surface area contributed by atoms with Gasteiger partial charge in [-0.05, 0) is 50.2 Å². The van der Waals surface area contributed by atoms with E-state index in [0.717, 1.165) is 11.3 Å². The van der Waals surface area contributed by atoms with Crippen molar-refractivity contribution in [1.29, 1.82) is 0 Å². The average molecular weight is 384 g/mol. The topological polar surface area (TPSA) is 93.1 Å². The zero-order valence-electron chi connectivity index (χ0n) is 15.2. The molecular weight excluding hydrogens is 364 g/mol. The van der Waals surface area contributed by atoms with Crippen LogP contribution in [0.2, 0.25) is 0 Å². The summed E-state index contributed by atoms with van der Waals surface area (Å²) in [6, 6.07) is 15.1. The fraction of sp³-hybridized carbons (Fsp3) is 0.158. The zero-order valence-corrected chi connectivity index (χ0v) is 16.0. The number of anilines is 2. The lowest BCUT2D eigenvalue weighted by molar-refractivity contribution is -0.114. The standard InChI is InChI=1S/C19H20N4O3S/c1-13-4-10-18(11-5-13)27(25,26)22-16-6-8-17(9-7-16)23-19(20-15(3)24)12-14(2)21-23/h4-12,22H,1-3H3,(H,20,24). The lowest BCUT2D eigenvalue weighted by Crippen LogP contribution is -2.13. The first-order chi connectivity index (χ1) is 12.7. The lowest BCUT2D eigenvalue weighted by Gasteiger charge is -2.11. The Labute approximate surface area is 158 Å². The van der Waals surface area contributed by atoms with Crippen LogP contribution in [0, 0.1) is 13.8 Å². The van der Waals surface area contributed by atoms with Crippen molar-refractivity contribution in [3.63, 3.8) is 0 Å². The number of sulfonamides is 1. The Kier molecular flexibility index (Phi) is 5.00. The molecule has 0 saturated heterocycles. The Bertz CT molecular complexity index is 1070. The summed E-state index contributed by atoms with van der Waals surface area (Å²) in [5.41, 5.74) is 2.88. The number of amides is 1. The number of carbonyl (C=O) groups excluding carboxylic acids is 1. The highest BCUT2D eigenvalue weighted by Crippen LogP contribution is 2.21. The van der Waals surface area contributed by atoms with E-state index in [1.807, 2.05) is 13.8 Å². The Morgan fingerprint density at radius 3 is 2.22 bits per heavy atom. The molecule has 3 aromatic rings. The fourth-order valence-electron chi connectivity index (χ4n) is 2.57.